The molecular weight excluding hydrogens is 624 g/mol. The summed E-state index contributed by atoms with van der Waals surface area (Å²) >= 11 is 3.88. The molecule has 1 unspecified atom stereocenters. The molecule has 0 heterocycles. The third-order valence-corrected chi connectivity index (χ3v) is 10.5. The second-order valence-corrected chi connectivity index (χ2v) is 21.8. The third kappa shape index (κ3) is 14.1. The Kier molecular flexibility index (Phi) is 14.8. The van der Waals surface area contributed by atoms with Crippen LogP contribution in [-0.4, -0.2) is 25.3 Å². The van der Waals surface area contributed by atoms with Gasteiger partial charge in [-0.25, -0.2) is 0 Å². The first kappa shape index (κ1) is 42.8. The molecule has 0 saturated heterocycles. The molecule has 0 saturated carbocycles. The van der Waals surface area contributed by atoms with Crippen molar-refractivity contribution in [1.82, 2.24) is 0 Å². The van der Waals surface area contributed by atoms with Gasteiger partial charge in [0.2, 0.25) is 0 Å². The maximum absolute atomic E-state index is 11.3. The predicted octanol–water partition coefficient (Wildman–Crippen LogP) is 8.16. The van der Waals surface area contributed by atoms with Gasteiger partial charge in [-0.2, -0.15) is 0 Å². The summed E-state index contributed by atoms with van der Waals surface area (Å²) < 4.78 is 27.3. The summed E-state index contributed by atoms with van der Waals surface area (Å²) in [4.78, 5) is 2.60. The normalized spacial score (nSPS) is 14.6. The van der Waals surface area contributed by atoms with Gasteiger partial charge in [0.15, 0.2) is 0 Å². The summed E-state index contributed by atoms with van der Waals surface area (Å²) in [7, 11) is -3.67. The molecule has 45 heavy (non-hydrogen) atoms. The van der Waals surface area contributed by atoms with Gasteiger partial charge >= 0.3 is 29.6 Å². The number of hydrogen-bond donors (Lipinski definition) is 0. The number of rotatable bonds is 11. The van der Waals surface area contributed by atoms with Crippen LogP contribution in [0.25, 0.3) is 0 Å². The molecular formula is C38H59NaO3S3. The number of thioether (sulfide) groups is 2. The van der Waals surface area contributed by atoms with E-state index in [1.54, 1.807) is 0 Å². The fourth-order valence-corrected chi connectivity index (χ4v) is 8.17. The molecule has 248 valence electrons. The number of allylic oxidation sites excluding steroid dienone is 1. The second-order valence-electron chi connectivity index (χ2n) is 16.8. The minimum Gasteiger partial charge on any atom is -0.757 e. The second kappa shape index (κ2) is 15.6. The quantitative estimate of drug-likeness (QED) is 0.0598. The molecule has 2 aromatic carbocycles. The molecule has 0 aromatic heterocycles. The van der Waals surface area contributed by atoms with Crippen LogP contribution in [0.1, 0.15) is 138 Å². The van der Waals surface area contributed by atoms with Gasteiger partial charge in [-0.1, -0.05) is 101 Å². The van der Waals surface area contributed by atoms with E-state index in [0.717, 1.165) is 12.0 Å². The molecule has 0 spiro atoms. The Balaban J connectivity index is 0.0000101. The van der Waals surface area contributed by atoms with Crippen LogP contribution >= 0.6 is 23.5 Å². The van der Waals surface area contributed by atoms with Crippen molar-refractivity contribution in [2.45, 2.75) is 152 Å². The van der Waals surface area contributed by atoms with Crippen LogP contribution in [0.4, 0.5) is 0 Å². The number of benzene rings is 2. The van der Waals surface area contributed by atoms with Crippen molar-refractivity contribution >= 4 is 39.5 Å². The van der Waals surface area contributed by atoms with Crippen molar-refractivity contribution in [2.24, 2.45) is 0 Å². The Labute approximate surface area is 308 Å². The van der Waals surface area contributed by atoms with Gasteiger partial charge in [-0.05, 0) is 113 Å². The average Bonchev–Trinajstić information content (AvgIpc) is 2.78. The Hall–Kier alpha value is -0.180. The van der Waals surface area contributed by atoms with Crippen molar-refractivity contribution in [2.75, 3.05) is 6.61 Å². The van der Waals surface area contributed by atoms with E-state index in [2.05, 4.69) is 140 Å². The molecule has 2 rings (SSSR count). The minimum absolute atomic E-state index is 0. The minimum atomic E-state index is -3.67. The standard InChI is InChI=1S/C38H60O3S3.Na/c1-26(18-17-19-41-44(16,39)40)20-31-32(36(8,9)10)24-30(25-33(31)37(11,12)13)43-38(14,15)42-29-22-27(34(2,3)4)21-28(23-29)35(5,6)7;/h21-25H,1,16-20H2,2-15H3,(H,39,40);/q;+1/p-1. The maximum atomic E-state index is 11.3. The van der Waals surface area contributed by atoms with Crippen LogP contribution in [0, 0.1) is 0 Å². The number of hydrogen-bond acceptors (Lipinski definition) is 5. The van der Waals surface area contributed by atoms with Crippen molar-refractivity contribution in [1.29, 1.82) is 0 Å². The third-order valence-electron chi connectivity index (χ3n) is 7.57. The van der Waals surface area contributed by atoms with Gasteiger partial charge in [0.05, 0.1) is 10.7 Å². The topological polar surface area (TPSA) is 49.4 Å². The molecule has 3 nitrogen and oxygen atoms in total. The first-order chi connectivity index (χ1) is 19.6. The zero-order chi connectivity index (χ0) is 34.1. The Morgan fingerprint density at radius 3 is 1.49 bits per heavy atom. The summed E-state index contributed by atoms with van der Waals surface area (Å²) in [6.07, 6.45) is 2.05. The zero-order valence-electron chi connectivity index (χ0n) is 31.1. The van der Waals surface area contributed by atoms with E-state index >= 15 is 0 Å². The average molecular weight is 683 g/mol. The molecule has 7 heteroatoms. The van der Waals surface area contributed by atoms with Crippen LogP contribution in [0.3, 0.4) is 0 Å². The first-order valence-corrected chi connectivity index (χ1v) is 18.9. The van der Waals surface area contributed by atoms with E-state index in [0.29, 0.717) is 12.8 Å². The van der Waals surface area contributed by atoms with E-state index in [4.69, 9.17) is 4.18 Å². The molecule has 0 amide bonds. The van der Waals surface area contributed by atoms with Crippen LogP contribution in [0.5, 0.6) is 0 Å². The largest absolute Gasteiger partial charge is 1.00 e. The molecule has 0 aliphatic carbocycles. The zero-order valence-corrected chi connectivity index (χ0v) is 35.5. The molecule has 0 aliphatic heterocycles. The van der Waals surface area contributed by atoms with Gasteiger partial charge < -0.3 is 8.74 Å². The monoisotopic (exact) mass is 682 g/mol. The smallest absolute Gasteiger partial charge is 0.757 e. The van der Waals surface area contributed by atoms with E-state index in [1.165, 1.54) is 37.6 Å². The molecule has 0 radical (unpaired) electrons. The summed E-state index contributed by atoms with van der Waals surface area (Å²) in [6, 6.07) is 12.0. The summed E-state index contributed by atoms with van der Waals surface area (Å²) in [5.74, 6) is 3.04. The molecule has 0 fully saturated rings. The van der Waals surface area contributed by atoms with Crippen molar-refractivity contribution in [3.05, 3.63) is 70.3 Å². The summed E-state index contributed by atoms with van der Waals surface area (Å²) in [5, 5.41) is 0. The molecule has 2 aromatic rings. The van der Waals surface area contributed by atoms with Gasteiger partial charge in [0.1, 0.15) is 0 Å². The summed E-state index contributed by atoms with van der Waals surface area (Å²) in [5.41, 5.74) is 7.90. The molecule has 0 aliphatic rings. The van der Waals surface area contributed by atoms with Crippen molar-refractivity contribution in [3.63, 3.8) is 0 Å². The maximum Gasteiger partial charge on any atom is 1.00 e. The van der Waals surface area contributed by atoms with E-state index in [-0.39, 0.29) is 61.9 Å². The molecule has 1 atom stereocenters. The Morgan fingerprint density at radius 2 is 1.13 bits per heavy atom. The van der Waals surface area contributed by atoms with E-state index < -0.39 is 10.1 Å². The van der Waals surface area contributed by atoms with Gasteiger partial charge in [0, 0.05) is 19.9 Å². The van der Waals surface area contributed by atoms with Crippen LogP contribution < -0.4 is 29.6 Å². The van der Waals surface area contributed by atoms with Crippen LogP contribution in [0.2, 0.25) is 0 Å². The van der Waals surface area contributed by atoms with Crippen LogP contribution in [-0.2, 0) is 42.3 Å². The van der Waals surface area contributed by atoms with Gasteiger partial charge in [0.25, 0.3) is 0 Å². The SMILES string of the molecule is C=C(CCCOS(=C)(=O)[O-])Cc1c(C(C)(C)C)cc(SC(C)(C)Sc2cc(C(C)(C)C)cc(C(C)(C)C)c2)cc1C(C)(C)C.[Na+]. The van der Waals surface area contributed by atoms with Crippen molar-refractivity contribution < 1.29 is 42.5 Å². The van der Waals surface area contributed by atoms with E-state index in [1.807, 2.05) is 23.5 Å². The van der Waals surface area contributed by atoms with E-state index in [9.17, 15) is 8.76 Å². The van der Waals surface area contributed by atoms with Crippen molar-refractivity contribution in [3.8, 4) is 0 Å². The Morgan fingerprint density at radius 1 is 0.733 bits per heavy atom. The van der Waals surface area contributed by atoms with Gasteiger partial charge in [-0.3, -0.25) is 4.21 Å². The fourth-order valence-electron chi connectivity index (χ4n) is 5.19. The predicted molar refractivity (Wildman–Crippen MR) is 198 cm³/mol. The Bertz CT molecular complexity index is 1360. The molecule has 0 N–H and O–H groups in total. The van der Waals surface area contributed by atoms with Gasteiger partial charge in [-0.15, -0.1) is 23.5 Å². The fraction of sp³-hybridized carbons (Fsp3) is 0.605. The molecule has 0 bridgehead atoms. The first-order valence-electron chi connectivity index (χ1n) is 15.7. The summed E-state index contributed by atoms with van der Waals surface area (Å²) in [6.45, 7) is 36.7. The van der Waals surface area contributed by atoms with Crippen LogP contribution in [0.15, 0.2) is 52.3 Å².